The zero-order valence-electron chi connectivity index (χ0n) is 12.0. The maximum atomic E-state index is 10.9. The SMILES string of the molecule is Cc1c(CN(CC(=O)O)CC(C)C)cccc1[N+](=O)[O-]. The van der Waals surface area contributed by atoms with Crippen LogP contribution < -0.4 is 0 Å². The number of carboxylic acids is 1. The summed E-state index contributed by atoms with van der Waals surface area (Å²) in [5, 5.41) is 19.9. The molecule has 0 saturated carbocycles. The van der Waals surface area contributed by atoms with Crippen LogP contribution in [0.2, 0.25) is 0 Å². The summed E-state index contributed by atoms with van der Waals surface area (Å²) in [6.07, 6.45) is 0. The number of hydrogen-bond acceptors (Lipinski definition) is 4. The van der Waals surface area contributed by atoms with Crippen LogP contribution in [-0.4, -0.2) is 34.0 Å². The lowest BCUT2D eigenvalue weighted by atomic mass is 10.1. The van der Waals surface area contributed by atoms with E-state index in [4.69, 9.17) is 5.11 Å². The molecule has 1 aromatic carbocycles. The van der Waals surface area contributed by atoms with Crippen molar-refractivity contribution in [2.45, 2.75) is 27.3 Å². The van der Waals surface area contributed by atoms with Crippen molar-refractivity contribution in [3.63, 3.8) is 0 Å². The molecule has 6 heteroatoms. The van der Waals surface area contributed by atoms with Gasteiger partial charge in [0.25, 0.3) is 5.69 Å². The second kappa shape index (κ2) is 7.00. The zero-order valence-corrected chi connectivity index (χ0v) is 12.0. The van der Waals surface area contributed by atoms with Gasteiger partial charge in [0.1, 0.15) is 0 Å². The predicted molar refractivity (Wildman–Crippen MR) is 75.6 cm³/mol. The summed E-state index contributed by atoms with van der Waals surface area (Å²) in [6.45, 7) is 6.68. The Labute approximate surface area is 118 Å². The zero-order chi connectivity index (χ0) is 15.3. The third kappa shape index (κ3) is 4.62. The fourth-order valence-electron chi connectivity index (χ4n) is 2.17. The molecule has 0 bridgehead atoms. The molecule has 0 aliphatic rings. The van der Waals surface area contributed by atoms with Gasteiger partial charge in [0, 0.05) is 24.7 Å². The van der Waals surface area contributed by atoms with E-state index in [-0.39, 0.29) is 12.2 Å². The maximum Gasteiger partial charge on any atom is 0.317 e. The van der Waals surface area contributed by atoms with Crippen molar-refractivity contribution in [1.29, 1.82) is 0 Å². The van der Waals surface area contributed by atoms with Crippen molar-refractivity contribution >= 4 is 11.7 Å². The lowest BCUT2D eigenvalue weighted by molar-refractivity contribution is -0.385. The first-order valence-electron chi connectivity index (χ1n) is 6.48. The van der Waals surface area contributed by atoms with E-state index in [1.54, 1.807) is 24.0 Å². The minimum Gasteiger partial charge on any atom is -0.480 e. The van der Waals surface area contributed by atoms with Crippen molar-refractivity contribution in [2.24, 2.45) is 5.92 Å². The first kappa shape index (κ1) is 16.1. The van der Waals surface area contributed by atoms with Gasteiger partial charge in [-0.2, -0.15) is 0 Å². The Morgan fingerprint density at radius 1 is 1.45 bits per heavy atom. The van der Waals surface area contributed by atoms with Gasteiger partial charge in [-0.15, -0.1) is 0 Å². The van der Waals surface area contributed by atoms with Crippen molar-refractivity contribution in [2.75, 3.05) is 13.1 Å². The summed E-state index contributed by atoms with van der Waals surface area (Å²) in [7, 11) is 0. The molecule has 0 heterocycles. The molecule has 110 valence electrons. The van der Waals surface area contributed by atoms with Gasteiger partial charge >= 0.3 is 5.97 Å². The number of rotatable bonds is 7. The topological polar surface area (TPSA) is 83.7 Å². The average molecular weight is 280 g/mol. The van der Waals surface area contributed by atoms with Gasteiger partial charge in [-0.3, -0.25) is 19.8 Å². The summed E-state index contributed by atoms with van der Waals surface area (Å²) in [4.78, 5) is 23.2. The molecular formula is C14H20N2O4. The van der Waals surface area contributed by atoms with Gasteiger partial charge in [-0.1, -0.05) is 26.0 Å². The summed E-state index contributed by atoms with van der Waals surface area (Å²) in [5.74, 6) is -0.568. The molecule has 0 amide bonds. The standard InChI is InChI=1S/C14H20N2O4/c1-10(2)7-15(9-14(17)18)8-12-5-4-6-13(11(12)3)16(19)20/h4-6,10H,7-9H2,1-3H3,(H,17,18). The second-order valence-electron chi connectivity index (χ2n) is 5.28. The molecule has 0 fully saturated rings. The smallest absolute Gasteiger partial charge is 0.317 e. The molecule has 0 aliphatic heterocycles. The Morgan fingerprint density at radius 3 is 2.60 bits per heavy atom. The number of carbonyl (C=O) groups is 1. The van der Waals surface area contributed by atoms with E-state index in [2.05, 4.69) is 0 Å². The van der Waals surface area contributed by atoms with Gasteiger partial charge in [0.05, 0.1) is 11.5 Å². The maximum absolute atomic E-state index is 10.9. The number of benzene rings is 1. The average Bonchev–Trinajstić information content (AvgIpc) is 2.29. The molecule has 1 aromatic rings. The van der Waals surface area contributed by atoms with Gasteiger partial charge in [0.15, 0.2) is 0 Å². The van der Waals surface area contributed by atoms with Crippen molar-refractivity contribution in [1.82, 2.24) is 4.90 Å². The number of aliphatic carboxylic acids is 1. The highest BCUT2D eigenvalue weighted by Crippen LogP contribution is 2.22. The number of nitro groups is 1. The Kier molecular flexibility index (Phi) is 5.64. The van der Waals surface area contributed by atoms with Crippen molar-refractivity contribution in [3.05, 3.63) is 39.4 Å². The van der Waals surface area contributed by atoms with Crippen molar-refractivity contribution in [3.8, 4) is 0 Å². The van der Waals surface area contributed by atoms with Gasteiger partial charge < -0.3 is 5.11 Å². The van der Waals surface area contributed by atoms with Crippen molar-refractivity contribution < 1.29 is 14.8 Å². The van der Waals surface area contributed by atoms with E-state index >= 15 is 0 Å². The first-order chi connectivity index (χ1) is 9.31. The Hall–Kier alpha value is -1.95. The highest BCUT2D eigenvalue weighted by molar-refractivity contribution is 5.69. The van der Waals surface area contributed by atoms with Gasteiger partial charge in [-0.05, 0) is 18.4 Å². The van der Waals surface area contributed by atoms with Crippen LogP contribution in [-0.2, 0) is 11.3 Å². The Bertz CT molecular complexity index is 500. The normalized spacial score (nSPS) is 11.1. The van der Waals surface area contributed by atoms with Gasteiger partial charge in [-0.25, -0.2) is 0 Å². The Balaban J connectivity index is 2.95. The highest BCUT2D eigenvalue weighted by atomic mass is 16.6. The molecule has 0 radical (unpaired) electrons. The molecule has 6 nitrogen and oxygen atoms in total. The summed E-state index contributed by atoms with van der Waals surface area (Å²) in [5.41, 5.74) is 1.46. The fourth-order valence-corrected chi connectivity index (χ4v) is 2.17. The minimum atomic E-state index is -0.895. The number of carboxylic acid groups (broad SMARTS) is 1. The summed E-state index contributed by atoms with van der Waals surface area (Å²) < 4.78 is 0. The number of hydrogen-bond donors (Lipinski definition) is 1. The lowest BCUT2D eigenvalue weighted by Crippen LogP contribution is -2.32. The number of nitrogens with zero attached hydrogens (tertiary/aromatic N) is 2. The molecule has 0 atom stereocenters. The van der Waals surface area contributed by atoms with E-state index in [0.29, 0.717) is 24.6 Å². The number of nitro benzene ring substituents is 1. The fraction of sp³-hybridized carbons (Fsp3) is 0.500. The first-order valence-corrected chi connectivity index (χ1v) is 6.48. The molecule has 0 saturated heterocycles. The van der Waals surface area contributed by atoms with E-state index in [1.165, 1.54) is 6.07 Å². The third-order valence-electron chi connectivity index (χ3n) is 2.99. The van der Waals surface area contributed by atoms with E-state index in [0.717, 1.165) is 5.56 Å². The largest absolute Gasteiger partial charge is 0.480 e. The molecule has 0 aliphatic carbocycles. The molecule has 1 rings (SSSR count). The van der Waals surface area contributed by atoms with E-state index in [9.17, 15) is 14.9 Å². The quantitative estimate of drug-likeness (QED) is 0.612. The monoisotopic (exact) mass is 280 g/mol. The van der Waals surface area contributed by atoms with Gasteiger partial charge in [0.2, 0.25) is 0 Å². The second-order valence-corrected chi connectivity index (χ2v) is 5.28. The molecule has 20 heavy (non-hydrogen) atoms. The van der Waals surface area contributed by atoms with Crippen LogP contribution >= 0.6 is 0 Å². The molecule has 0 aromatic heterocycles. The lowest BCUT2D eigenvalue weighted by Gasteiger charge is -2.23. The highest BCUT2D eigenvalue weighted by Gasteiger charge is 2.17. The molecule has 0 unspecified atom stereocenters. The van der Waals surface area contributed by atoms with Crippen LogP contribution in [0.4, 0.5) is 5.69 Å². The van der Waals surface area contributed by atoms with E-state index in [1.807, 2.05) is 13.8 Å². The minimum absolute atomic E-state index is 0.0691. The Morgan fingerprint density at radius 2 is 2.10 bits per heavy atom. The summed E-state index contributed by atoms with van der Waals surface area (Å²) in [6, 6.07) is 4.90. The molecular weight excluding hydrogens is 260 g/mol. The summed E-state index contributed by atoms with van der Waals surface area (Å²) >= 11 is 0. The predicted octanol–water partition coefficient (Wildman–Crippen LogP) is 2.45. The van der Waals surface area contributed by atoms with Crippen LogP contribution in [0.15, 0.2) is 18.2 Å². The third-order valence-corrected chi connectivity index (χ3v) is 2.99. The van der Waals surface area contributed by atoms with Crippen LogP contribution in [0.25, 0.3) is 0 Å². The van der Waals surface area contributed by atoms with Crippen LogP contribution in [0, 0.1) is 23.0 Å². The van der Waals surface area contributed by atoms with Crippen LogP contribution in [0.5, 0.6) is 0 Å². The van der Waals surface area contributed by atoms with Crippen LogP contribution in [0.3, 0.4) is 0 Å². The van der Waals surface area contributed by atoms with E-state index < -0.39 is 10.9 Å². The molecule has 0 spiro atoms. The van der Waals surface area contributed by atoms with Crippen LogP contribution in [0.1, 0.15) is 25.0 Å². The molecule has 1 N–H and O–H groups in total.